The van der Waals surface area contributed by atoms with Crippen LogP contribution in [0.25, 0.3) is 0 Å². The molecule has 3 aromatic rings. The van der Waals surface area contributed by atoms with Gasteiger partial charge in [-0.1, -0.05) is 11.6 Å². The Labute approximate surface area is 244 Å². The molecule has 3 fully saturated rings. The van der Waals surface area contributed by atoms with Crippen LogP contribution in [0.5, 0.6) is 5.75 Å². The van der Waals surface area contributed by atoms with Crippen molar-refractivity contribution in [1.82, 2.24) is 24.6 Å². The van der Waals surface area contributed by atoms with E-state index in [0.717, 1.165) is 51.6 Å². The van der Waals surface area contributed by atoms with Crippen LogP contribution < -0.4 is 15.4 Å². The minimum Gasteiger partial charge on any atom is -0.488 e. The number of nitrogens with one attached hydrogen (secondary N) is 2. The van der Waals surface area contributed by atoms with Crippen molar-refractivity contribution in [2.24, 2.45) is 0 Å². The summed E-state index contributed by atoms with van der Waals surface area (Å²) in [4.78, 5) is 11.1. The number of ether oxygens (including phenoxy) is 1. The second-order valence-corrected chi connectivity index (χ2v) is 14.4. The molecule has 6 rings (SSSR count). The van der Waals surface area contributed by atoms with E-state index >= 15 is 4.39 Å². The van der Waals surface area contributed by atoms with E-state index in [0.29, 0.717) is 22.7 Å². The zero-order valence-electron chi connectivity index (χ0n) is 23.4. The van der Waals surface area contributed by atoms with Crippen molar-refractivity contribution in [3.05, 3.63) is 40.9 Å². The number of aromatic nitrogens is 4. The average Bonchev–Trinajstić information content (AvgIpc) is 3.87. The maximum absolute atomic E-state index is 15.4. The summed E-state index contributed by atoms with van der Waals surface area (Å²) in [5.74, 6) is 0.761. The molecule has 2 aromatic heterocycles. The lowest BCUT2D eigenvalue weighted by Gasteiger charge is -2.30. The van der Waals surface area contributed by atoms with Crippen LogP contribution in [0.2, 0.25) is 5.02 Å². The molecule has 2 saturated carbocycles. The zero-order valence-corrected chi connectivity index (χ0v) is 25.0. The van der Waals surface area contributed by atoms with Gasteiger partial charge in [-0.2, -0.15) is 10.1 Å². The molecule has 13 heteroatoms. The fraction of sp³-hybridized carbons (Fsp3) is 0.536. The number of piperidine rings is 1. The maximum Gasteiger partial charge on any atom is 0.229 e. The van der Waals surface area contributed by atoms with Crippen LogP contribution >= 0.6 is 11.6 Å². The Hall–Kier alpha value is -2.96. The van der Waals surface area contributed by atoms with E-state index < -0.39 is 15.1 Å². The molecule has 220 valence electrons. The van der Waals surface area contributed by atoms with Gasteiger partial charge >= 0.3 is 0 Å². The summed E-state index contributed by atoms with van der Waals surface area (Å²) in [6, 6.07) is 3.45. The molecule has 2 aliphatic carbocycles. The van der Waals surface area contributed by atoms with Gasteiger partial charge in [0, 0.05) is 6.07 Å². The highest BCUT2D eigenvalue weighted by molar-refractivity contribution is 7.92. The number of sulfone groups is 1. The lowest BCUT2D eigenvalue weighted by atomic mass is 9.89. The Morgan fingerprint density at radius 2 is 1.80 bits per heavy atom. The minimum absolute atomic E-state index is 0.0460. The smallest absolute Gasteiger partial charge is 0.229 e. The Kier molecular flexibility index (Phi) is 7.58. The third kappa shape index (κ3) is 6.14. The van der Waals surface area contributed by atoms with Gasteiger partial charge in [-0.3, -0.25) is 4.68 Å². The maximum atomic E-state index is 15.4. The number of anilines is 4. The summed E-state index contributed by atoms with van der Waals surface area (Å²) >= 11 is 6.43. The number of rotatable bonds is 10. The number of hydrogen-bond donors (Lipinski definition) is 2. The number of likely N-dealkylation sites (tertiary alicyclic amines) is 1. The van der Waals surface area contributed by atoms with Gasteiger partial charge in [0.1, 0.15) is 16.6 Å². The van der Waals surface area contributed by atoms with E-state index in [4.69, 9.17) is 16.3 Å². The van der Waals surface area contributed by atoms with E-state index in [2.05, 4.69) is 37.6 Å². The van der Waals surface area contributed by atoms with Crippen LogP contribution in [0.1, 0.15) is 69.9 Å². The zero-order chi connectivity index (χ0) is 28.9. The monoisotopic (exact) mass is 603 g/mol. The van der Waals surface area contributed by atoms with E-state index in [1.807, 2.05) is 6.07 Å². The average molecular weight is 604 g/mol. The van der Waals surface area contributed by atoms with Crippen LogP contribution in [0.15, 0.2) is 29.6 Å². The van der Waals surface area contributed by atoms with Crippen molar-refractivity contribution in [3.8, 4) is 5.75 Å². The fourth-order valence-corrected chi connectivity index (χ4v) is 6.15. The normalized spacial score (nSPS) is 18.6. The number of hydrogen-bond acceptors (Lipinski definition) is 9. The van der Waals surface area contributed by atoms with Crippen LogP contribution in [-0.2, 0) is 9.84 Å². The summed E-state index contributed by atoms with van der Waals surface area (Å²) in [6.45, 7) is 5.09. The number of benzene rings is 1. The molecule has 3 aliphatic rings. The standard InChI is InChI=1S/C28H35ClFN7O3S/c1-16(2)41(38,39)27-24(15-37(35-27)18-4-5-18)32-26-21(29)14-31-28(34-26)33-23-13-22(30)20(12-25(23)40-19-6-7-19)17-8-10-36(3)11-9-17/h12-19H,4-11H2,1-3H3,(H2,31,32,33,34). The third-order valence-electron chi connectivity index (χ3n) is 7.83. The summed E-state index contributed by atoms with van der Waals surface area (Å²) in [6.07, 6.45) is 8.80. The molecule has 0 amide bonds. The molecule has 1 aliphatic heterocycles. The summed E-state index contributed by atoms with van der Waals surface area (Å²) in [7, 11) is -1.59. The molecule has 3 heterocycles. The molecule has 0 bridgehead atoms. The van der Waals surface area contributed by atoms with Gasteiger partial charge in [0.15, 0.2) is 5.82 Å². The van der Waals surface area contributed by atoms with Gasteiger partial charge in [-0.25, -0.2) is 17.8 Å². The van der Waals surface area contributed by atoms with Crippen molar-refractivity contribution in [1.29, 1.82) is 0 Å². The van der Waals surface area contributed by atoms with Crippen LogP contribution in [-0.4, -0.2) is 64.6 Å². The van der Waals surface area contributed by atoms with Crippen molar-refractivity contribution in [3.63, 3.8) is 0 Å². The first-order chi connectivity index (χ1) is 19.6. The second-order valence-electron chi connectivity index (χ2n) is 11.6. The molecular formula is C28H35ClFN7O3S. The fourth-order valence-electron chi connectivity index (χ4n) is 4.95. The minimum atomic E-state index is -3.67. The first kappa shape index (κ1) is 28.2. The largest absolute Gasteiger partial charge is 0.488 e. The molecule has 0 unspecified atom stereocenters. The molecule has 10 nitrogen and oxygen atoms in total. The van der Waals surface area contributed by atoms with Crippen molar-refractivity contribution < 1.29 is 17.5 Å². The highest BCUT2D eigenvalue weighted by atomic mass is 35.5. The lowest BCUT2D eigenvalue weighted by molar-refractivity contribution is 0.252. The predicted molar refractivity (Wildman–Crippen MR) is 156 cm³/mol. The van der Waals surface area contributed by atoms with Crippen LogP contribution in [0.3, 0.4) is 0 Å². The molecule has 0 spiro atoms. The van der Waals surface area contributed by atoms with Gasteiger partial charge in [0.25, 0.3) is 0 Å². The van der Waals surface area contributed by atoms with Crippen LogP contribution in [0.4, 0.5) is 27.5 Å². The predicted octanol–water partition coefficient (Wildman–Crippen LogP) is 5.82. The van der Waals surface area contributed by atoms with Gasteiger partial charge in [0.05, 0.1) is 41.2 Å². The molecule has 2 N–H and O–H groups in total. The van der Waals surface area contributed by atoms with Gasteiger partial charge in [-0.15, -0.1) is 0 Å². The molecule has 0 radical (unpaired) electrons. The van der Waals surface area contributed by atoms with Gasteiger partial charge < -0.3 is 20.3 Å². The molecule has 1 aromatic carbocycles. The van der Waals surface area contributed by atoms with E-state index in [-0.39, 0.29) is 45.7 Å². The van der Waals surface area contributed by atoms with E-state index in [1.165, 1.54) is 12.3 Å². The molecular weight excluding hydrogens is 569 g/mol. The number of halogens is 2. The molecule has 1 saturated heterocycles. The highest BCUT2D eigenvalue weighted by Crippen LogP contribution is 2.40. The van der Waals surface area contributed by atoms with E-state index in [1.54, 1.807) is 24.7 Å². The quantitative estimate of drug-likeness (QED) is 0.296. The molecule has 41 heavy (non-hydrogen) atoms. The van der Waals surface area contributed by atoms with Crippen molar-refractivity contribution in [2.45, 2.75) is 80.7 Å². The van der Waals surface area contributed by atoms with Crippen molar-refractivity contribution >= 4 is 44.6 Å². The van der Waals surface area contributed by atoms with Gasteiger partial charge in [-0.05, 0) is 90.1 Å². The lowest BCUT2D eigenvalue weighted by Crippen LogP contribution is -2.29. The first-order valence-corrected chi connectivity index (χ1v) is 16.1. The summed E-state index contributed by atoms with van der Waals surface area (Å²) in [5, 5.41) is 10.0. The van der Waals surface area contributed by atoms with E-state index in [9.17, 15) is 8.42 Å². The highest BCUT2D eigenvalue weighted by Gasteiger charge is 2.32. The molecule has 0 atom stereocenters. The number of nitrogens with zero attached hydrogens (tertiary/aromatic N) is 5. The Morgan fingerprint density at radius 1 is 1.07 bits per heavy atom. The van der Waals surface area contributed by atoms with Crippen LogP contribution in [0, 0.1) is 5.82 Å². The SMILES string of the molecule is CC(C)S(=O)(=O)c1nn(C2CC2)cc1Nc1nc(Nc2cc(F)c(C3CCN(C)CC3)cc2OC2CC2)ncc1Cl. The Balaban J connectivity index is 1.29. The summed E-state index contributed by atoms with van der Waals surface area (Å²) in [5.41, 5.74) is 1.39. The summed E-state index contributed by atoms with van der Waals surface area (Å²) < 4.78 is 49.4. The third-order valence-corrected chi connectivity index (χ3v) is 10.2. The second kappa shape index (κ2) is 11.0. The first-order valence-electron chi connectivity index (χ1n) is 14.2. The van der Waals surface area contributed by atoms with Gasteiger partial charge in [0.2, 0.25) is 20.8 Å². The topological polar surface area (TPSA) is 114 Å². The van der Waals surface area contributed by atoms with Crippen molar-refractivity contribution in [2.75, 3.05) is 30.8 Å². The Bertz CT molecular complexity index is 1550. The Morgan fingerprint density at radius 3 is 2.46 bits per heavy atom.